The molecule has 0 aliphatic rings. The van der Waals surface area contributed by atoms with Crippen LogP contribution in [0.3, 0.4) is 0 Å². The van der Waals surface area contributed by atoms with E-state index in [1.807, 2.05) is 0 Å². The molecule has 10 aromatic carbocycles. The van der Waals surface area contributed by atoms with Gasteiger partial charge in [0, 0.05) is 32.5 Å². The Bertz CT molecular complexity index is 3740. The molecular weight excluding hydrogens is 731 g/mol. The minimum absolute atomic E-state index is 0.614. The van der Waals surface area contributed by atoms with Gasteiger partial charge in [0.25, 0.3) is 0 Å². The fourth-order valence-electron chi connectivity index (χ4n) is 9.74. The van der Waals surface area contributed by atoms with Gasteiger partial charge in [-0.2, -0.15) is 0 Å². The number of furan rings is 1. The van der Waals surface area contributed by atoms with Crippen molar-refractivity contribution in [3.63, 3.8) is 0 Å². The van der Waals surface area contributed by atoms with Crippen LogP contribution in [0.4, 0.5) is 0 Å². The number of fused-ring (bicyclic) bond motifs is 13. The van der Waals surface area contributed by atoms with E-state index in [0.29, 0.717) is 5.95 Å². The molecular formula is C56H33N3O. The zero-order chi connectivity index (χ0) is 39.3. The molecule has 0 saturated carbocycles. The molecule has 4 heteroatoms. The van der Waals surface area contributed by atoms with Crippen molar-refractivity contribution in [2.75, 3.05) is 0 Å². The van der Waals surface area contributed by atoms with Gasteiger partial charge in [0.2, 0.25) is 5.95 Å². The fraction of sp³-hybridized carbons (Fsp3) is 0. The van der Waals surface area contributed by atoms with E-state index in [0.717, 1.165) is 66.3 Å². The van der Waals surface area contributed by atoms with Crippen LogP contribution in [0, 0.1) is 0 Å². The van der Waals surface area contributed by atoms with Crippen LogP contribution in [0.1, 0.15) is 0 Å². The molecule has 0 atom stereocenters. The summed E-state index contributed by atoms with van der Waals surface area (Å²) in [5, 5.41) is 12.8. The van der Waals surface area contributed by atoms with Gasteiger partial charge in [-0.3, -0.25) is 4.57 Å². The molecule has 3 aromatic heterocycles. The van der Waals surface area contributed by atoms with Crippen LogP contribution in [0.15, 0.2) is 205 Å². The van der Waals surface area contributed by atoms with Gasteiger partial charge in [0.1, 0.15) is 11.2 Å². The molecule has 0 N–H and O–H groups in total. The second kappa shape index (κ2) is 12.7. The van der Waals surface area contributed by atoms with Crippen molar-refractivity contribution >= 4 is 87.0 Å². The maximum Gasteiger partial charge on any atom is 0.235 e. The van der Waals surface area contributed by atoms with E-state index in [1.165, 1.54) is 54.2 Å². The zero-order valence-electron chi connectivity index (χ0n) is 32.3. The molecule has 0 amide bonds. The standard InChI is InChI=1S/C56H33N3O/c1-3-15-34(16-4-1)45-32-48-53(41-23-11-9-21-39(41)45)54-42-24-12-10-22-40(42)46(35-17-5-2-6-18-35)33-49(54)59(48)56-57-47-26-14-13-25-43(47)55(58-56)37-27-29-44-51(31-37)60-50-30-28-36-19-7-8-20-38(36)52(44)50/h1-33H. The minimum Gasteiger partial charge on any atom is -0.456 e. The van der Waals surface area contributed by atoms with Gasteiger partial charge in [-0.05, 0) is 91.0 Å². The summed E-state index contributed by atoms with van der Waals surface area (Å²) >= 11 is 0. The quantitative estimate of drug-likeness (QED) is 0.179. The molecule has 4 nitrogen and oxygen atoms in total. The highest BCUT2D eigenvalue weighted by Crippen LogP contribution is 2.46. The molecule has 13 aromatic rings. The highest BCUT2D eigenvalue weighted by atomic mass is 16.3. The van der Waals surface area contributed by atoms with Crippen molar-refractivity contribution in [1.29, 1.82) is 0 Å². The van der Waals surface area contributed by atoms with E-state index in [4.69, 9.17) is 14.4 Å². The highest BCUT2D eigenvalue weighted by Gasteiger charge is 2.24. The van der Waals surface area contributed by atoms with Gasteiger partial charge < -0.3 is 4.42 Å². The number of aromatic nitrogens is 3. The average molecular weight is 764 g/mol. The van der Waals surface area contributed by atoms with Gasteiger partial charge in [0.15, 0.2) is 0 Å². The normalized spacial score (nSPS) is 12.0. The van der Waals surface area contributed by atoms with Crippen molar-refractivity contribution in [3.05, 3.63) is 200 Å². The summed E-state index contributed by atoms with van der Waals surface area (Å²) in [6.45, 7) is 0. The molecule has 0 aliphatic carbocycles. The van der Waals surface area contributed by atoms with Gasteiger partial charge in [-0.15, -0.1) is 0 Å². The molecule has 0 bridgehead atoms. The molecule has 0 unspecified atom stereocenters. The SMILES string of the molecule is c1ccc(-c2cc3c(c4ccccc24)c2c4ccccc4c(-c4ccccc4)cc2n3-c2nc(-c3ccc4c(c3)oc3ccc5ccccc5c34)c3ccccc3n2)cc1. The molecule has 0 aliphatic heterocycles. The monoisotopic (exact) mass is 763 g/mol. The minimum atomic E-state index is 0.614. The number of nitrogens with zero attached hydrogens (tertiary/aromatic N) is 3. The smallest absolute Gasteiger partial charge is 0.235 e. The zero-order valence-corrected chi connectivity index (χ0v) is 32.3. The Morgan fingerprint density at radius 2 is 0.900 bits per heavy atom. The van der Waals surface area contributed by atoms with Crippen molar-refractivity contribution in [2.24, 2.45) is 0 Å². The lowest BCUT2D eigenvalue weighted by Crippen LogP contribution is -2.04. The molecule has 13 rings (SSSR count). The molecule has 278 valence electrons. The largest absolute Gasteiger partial charge is 0.456 e. The average Bonchev–Trinajstić information content (AvgIpc) is 3.87. The van der Waals surface area contributed by atoms with E-state index in [1.54, 1.807) is 0 Å². The summed E-state index contributed by atoms with van der Waals surface area (Å²) in [7, 11) is 0. The van der Waals surface area contributed by atoms with Gasteiger partial charge in [0.05, 0.1) is 22.2 Å². The van der Waals surface area contributed by atoms with Crippen molar-refractivity contribution in [3.8, 4) is 39.5 Å². The lowest BCUT2D eigenvalue weighted by molar-refractivity contribution is 0.669. The first-order valence-electron chi connectivity index (χ1n) is 20.4. The predicted octanol–water partition coefficient (Wildman–Crippen LogP) is 15.1. The van der Waals surface area contributed by atoms with Crippen LogP contribution in [0.2, 0.25) is 0 Å². The number of hydrogen-bond donors (Lipinski definition) is 0. The van der Waals surface area contributed by atoms with Crippen LogP contribution in [0.25, 0.3) is 126 Å². The van der Waals surface area contributed by atoms with Gasteiger partial charge in [-0.1, -0.05) is 164 Å². The number of hydrogen-bond acceptors (Lipinski definition) is 3. The van der Waals surface area contributed by atoms with E-state index >= 15 is 0 Å². The first-order chi connectivity index (χ1) is 29.8. The summed E-state index contributed by atoms with van der Waals surface area (Å²) in [6.07, 6.45) is 0. The molecule has 0 spiro atoms. The fourth-order valence-corrected chi connectivity index (χ4v) is 9.74. The number of rotatable bonds is 4. The molecule has 0 fully saturated rings. The van der Waals surface area contributed by atoms with Gasteiger partial charge in [-0.25, -0.2) is 9.97 Å². The van der Waals surface area contributed by atoms with Crippen molar-refractivity contribution in [1.82, 2.24) is 14.5 Å². The maximum atomic E-state index is 6.60. The second-order valence-electron chi connectivity index (χ2n) is 15.7. The van der Waals surface area contributed by atoms with E-state index in [-0.39, 0.29) is 0 Å². The summed E-state index contributed by atoms with van der Waals surface area (Å²) in [6, 6.07) is 71.4. The lowest BCUT2D eigenvalue weighted by atomic mass is 9.92. The Hall–Kier alpha value is -8.08. The van der Waals surface area contributed by atoms with Gasteiger partial charge >= 0.3 is 0 Å². The summed E-state index contributed by atoms with van der Waals surface area (Å²) in [4.78, 5) is 11.0. The first kappa shape index (κ1) is 32.9. The number of benzene rings is 10. The van der Waals surface area contributed by atoms with Crippen LogP contribution in [0.5, 0.6) is 0 Å². The third kappa shape index (κ3) is 4.79. The van der Waals surface area contributed by atoms with E-state index in [2.05, 4.69) is 205 Å². The second-order valence-corrected chi connectivity index (χ2v) is 15.7. The summed E-state index contributed by atoms with van der Waals surface area (Å²) in [5.41, 5.74) is 11.2. The molecule has 0 radical (unpaired) electrons. The van der Waals surface area contributed by atoms with Crippen molar-refractivity contribution < 1.29 is 4.42 Å². The van der Waals surface area contributed by atoms with E-state index < -0.39 is 0 Å². The van der Waals surface area contributed by atoms with Crippen LogP contribution in [-0.4, -0.2) is 14.5 Å². The maximum absolute atomic E-state index is 6.60. The Labute approximate surface area is 344 Å². The summed E-state index contributed by atoms with van der Waals surface area (Å²) < 4.78 is 8.91. The van der Waals surface area contributed by atoms with Crippen LogP contribution < -0.4 is 0 Å². The Kier molecular flexibility index (Phi) is 6.98. The predicted molar refractivity (Wildman–Crippen MR) is 250 cm³/mol. The Morgan fingerprint density at radius 1 is 0.350 bits per heavy atom. The third-order valence-corrected chi connectivity index (χ3v) is 12.4. The Balaban J connectivity index is 1.17. The third-order valence-electron chi connectivity index (χ3n) is 12.4. The molecule has 0 saturated heterocycles. The molecule has 3 heterocycles. The first-order valence-corrected chi connectivity index (χ1v) is 20.4. The topological polar surface area (TPSA) is 43.9 Å². The highest BCUT2D eigenvalue weighted by molar-refractivity contribution is 6.31. The van der Waals surface area contributed by atoms with Crippen molar-refractivity contribution in [2.45, 2.75) is 0 Å². The molecule has 60 heavy (non-hydrogen) atoms. The number of para-hydroxylation sites is 1. The Morgan fingerprint density at radius 3 is 1.55 bits per heavy atom. The lowest BCUT2D eigenvalue weighted by Gasteiger charge is -2.14. The van der Waals surface area contributed by atoms with Crippen LogP contribution >= 0.6 is 0 Å². The van der Waals surface area contributed by atoms with Crippen LogP contribution in [-0.2, 0) is 0 Å². The summed E-state index contributed by atoms with van der Waals surface area (Å²) in [5.74, 6) is 0.614. The van der Waals surface area contributed by atoms with E-state index in [9.17, 15) is 0 Å².